The second kappa shape index (κ2) is 18.9. The van der Waals surface area contributed by atoms with Gasteiger partial charge in [-0.05, 0) is 6.42 Å². The minimum absolute atomic E-state index is 0.196. The van der Waals surface area contributed by atoms with Gasteiger partial charge in [0.15, 0.2) is 5.84 Å². The second-order valence-electron chi connectivity index (χ2n) is 6.22. The molecule has 136 valence electrons. The van der Waals surface area contributed by atoms with Crippen molar-refractivity contribution in [2.24, 2.45) is 10.1 Å². The Balaban J connectivity index is 3.19. The largest absolute Gasteiger partial charge is 0.411 e. The molecule has 0 spiro atoms. The number of amidine groups is 1. The second-order valence-corrected chi connectivity index (χ2v) is 6.22. The molecule has 0 rings (SSSR count). The van der Waals surface area contributed by atoms with Crippen molar-refractivity contribution in [3.63, 3.8) is 0 Å². The number of hydrogen-bond donors (Lipinski definition) is 3. The summed E-state index contributed by atoms with van der Waals surface area (Å²) < 4.78 is 0. The molecule has 0 atom stereocenters. The van der Waals surface area contributed by atoms with Crippen molar-refractivity contribution in [3.05, 3.63) is 0 Å². The summed E-state index contributed by atoms with van der Waals surface area (Å²) >= 11 is 0. The molecule has 0 aliphatic rings. The highest BCUT2D eigenvalue weighted by Gasteiger charge is 1.95. The number of oxime groups is 1. The van der Waals surface area contributed by atoms with E-state index in [0.717, 1.165) is 19.1 Å². The van der Waals surface area contributed by atoms with E-state index in [1.54, 1.807) is 0 Å². The van der Waals surface area contributed by atoms with E-state index in [0.29, 0.717) is 6.54 Å². The molecular weight excluding hydrogens is 290 g/mol. The van der Waals surface area contributed by atoms with Crippen molar-refractivity contribution < 1.29 is 10.4 Å². The summed E-state index contributed by atoms with van der Waals surface area (Å²) in [6, 6.07) is 0. The van der Waals surface area contributed by atoms with Gasteiger partial charge in [0.05, 0.1) is 0 Å². The Hall–Kier alpha value is -1.10. The number of hydrogen-bond acceptors (Lipinski definition) is 4. The lowest BCUT2D eigenvalue weighted by molar-refractivity contribution is 0.236. The number of nitrogens with zero attached hydrogens (tertiary/aromatic N) is 2. The molecule has 0 saturated heterocycles. The third kappa shape index (κ3) is 17.1. The summed E-state index contributed by atoms with van der Waals surface area (Å²) in [5.41, 5.74) is 1.89. The fourth-order valence-corrected chi connectivity index (χ4v) is 2.67. The Labute approximate surface area is 142 Å². The molecule has 0 aromatic rings. The van der Waals surface area contributed by atoms with E-state index in [1.165, 1.54) is 77.0 Å². The predicted octanol–water partition coefficient (Wildman–Crippen LogP) is 5.31. The van der Waals surface area contributed by atoms with Crippen LogP contribution in [0.1, 0.15) is 96.8 Å². The molecule has 0 amide bonds. The number of aliphatic imine (C=N–C) groups is 1. The van der Waals surface area contributed by atoms with Gasteiger partial charge in [0.1, 0.15) is 6.21 Å². The zero-order valence-corrected chi connectivity index (χ0v) is 15.0. The Morgan fingerprint density at radius 2 is 1.22 bits per heavy atom. The Bertz CT molecular complexity index is 294. The van der Waals surface area contributed by atoms with Crippen molar-refractivity contribution in [3.8, 4) is 0 Å². The molecule has 0 bridgehead atoms. The molecule has 0 aliphatic heterocycles. The van der Waals surface area contributed by atoms with E-state index in [9.17, 15) is 0 Å². The molecule has 0 aromatic heterocycles. The molecular formula is C18H37N3O2. The van der Waals surface area contributed by atoms with Gasteiger partial charge in [-0.25, -0.2) is 0 Å². The molecule has 0 heterocycles. The van der Waals surface area contributed by atoms with Gasteiger partial charge >= 0.3 is 0 Å². The Kier molecular flexibility index (Phi) is 18.0. The molecule has 23 heavy (non-hydrogen) atoms. The number of unbranched alkanes of at least 4 members (excludes halogenated alkanes) is 13. The van der Waals surface area contributed by atoms with Crippen molar-refractivity contribution in [2.45, 2.75) is 96.8 Å². The molecule has 0 fully saturated rings. The van der Waals surface area contributed by atoms with Crippen LogP contribution in [0, 0.1) is 0 Å². The van der Waals surface area contributed by atoms with Crippen molar-refractivity contribution in [2.75, 3.05) is 6.54 Å². The van der Waals surface area contributed by atoms with Crippen molar-refractivity contribution >= 4 is 12.1 Å². The summed E-state index contributed by atoms with van der Waals surface area (Å²) in [5.74, 6) is 0.196. The minimum atomic E-state index is 0.196. The van der Waals surface area contributed by atoms with Crippen LogP contribution in [0.25, 0.3) is 0 Å². The first kappa shape index (κ1) is 21.9. The summed E-state index contributed by atoms with van der Waals surface area (Å²) in [7, 11) is 0. The third-order valence-electron chi connectivity index (χ3n) is 4.09. The lowest BCUT2D eigenvalue weighted by atomic mass is 10.0. The maximum absolute atomic E-state index is 8.69. The van der Waals surface area contributed by atoms with Crippen LogP contribution >= 0.6 is 0 Å². The maximum atomic E-state index is 8.69. The van der Waals surface area contributed by atoms with Gasteiger partial charge in [0.2, 0.25) is 0 Å². The molecule has 0 saturated carbocycles. The molecule has 3 N–H and O–H groups in total. The molecule has 0 radical (unpaired) electrons. The summed E-state index contributed by atoms with van der Waals surface area (Å²) in [6.45, 7) is 2.91. The van der Waals surface area contributed by atoms with E-state index in [4.69, 9.17) is 10.4 Å². The first-order valence-corrected chi connectivity index (χ1v) is 9.47. The Morgan fingerprint density at radius 1 is 0.783 bits per heavy atom. The summed E-state index contributed by atoms with van der Waals surface area (Å²) in [4.78, 5) is 4.07. The van der Waals surface area contributed by atoms with E-state index in [1.807, 2.05) is 5.48 Å². The van der Waals surface area contributed by atoms with Gasteiger partial charge in [0.25, 0.3) is 0 Å². The van der Waals surface area contributed by atoms with Crippen LogP contribution in [-0.4, -0.2) is 29.0 Å². The fourth-order valence-electron chi connectivity index (χ4n) is 2.67. The van der Waals surface area contributed by atoms with Crippen LogP contribution in [0.15, 0.2) is 10.1 Å². The van der Waals surface area contributed by atoms with Crippen LogP contribution < -0.4 is 5.48 Å². The highest BCUT2D eigenvalue weighted by atomic mass is 16.5. The Morgan fingerprint density at radius 3 is 1.61 bits per heavy atom. The number of hydroxylamine groups is 1. The van der Waals surface area contributed by atoms with Gasteiger partial charge < -0.3 is 5.21 Å². The highest BCUT2D eigenvalue weighted by molar-refractivity contribution is 6.28. The zero-order valence-electron chi connectivity index (χ0n) is 15.0. The van der Waals surface area contributed by atoms with E-state index < -0.39 is 0 Å². The zero-order chi connectivity index (χ0) is 17.0. The van der Waals surface area contributed by atoms with Crippen LogP contribution in [0.4, 0.5) is 0 Å². The molecule has 5 heteroatoms. The first-order chi connectivity index (χ1) is 11.3. The van der Waals surface area contributed by atoms with Gasteiger partial charge in [-0.2, -0.15) is 0 Å². The topological polar surface area (TPSA) is 77.2 Å². The van der Waals surface area contributed by atoms with Gasteiger partial charge in [-0.1, -0.05) is 95.6 Å². The van der Waals surface area contributed by atoms with Crippen LogP contribution in [0.5, 0.6) is 0 Å². The normalized spacial score (nSPS) is 12.2. The van der Waals surface area contributed by atoms with E-state index in [2.05, 4.69) is 17.1 Å². The van der Waals surface area contributed by atoms with Crippen molar-refractivity contribution in [1.82, 2.24) is 5.48 Å². The average Bonchev–Trinajstić information content (AvgIpc) is 2.57. The average molecular weight is 328 g/mol. The summed E-state index contributed by atoms with van der Waals surface area (Å²) in [6.07, 6.45) is 19.8. The quantitative estimate of drug-likeness (QED) is 0.118. The number of nitrogens with one attached hydrogen (secondary N) is 1. The molecule has 0 aromatic carbocycles. The van der Waals surface area contributed by atoms with E-state index in [-0.39, 0.29) is 5.84 Å². The standard InChI is InChI=1S/C18H37N3O2/c1-2-3-4-5-6-7-8-9-10-11-12-13-14-15-16-19-18(21-23)17-20-22/h17,22-23H,2-16H2,1H3,(H,19,21)/b20-17+. The lowest BCUT2D eigenvalue weighted by Crippen LogP contribution is -2.20. The first-order valence-electron chi connectivity index (χ1n) is 9.47. The monoisotopic (exact) mass is 327 g/mol. The lowest BCUT2D eigenvalue weighted by Gasteiger charge is -2.03. The minimum Gasteiger partial charge on any atom is -0.411 e. The van der Waals surface area contributed by atoms with Crippen LogP contribution in [0.3, 0.4) is 0 Å². The maximum Gasteiger partial charge on any atom is 0.166 e. The van der Waals surface area contributed by atoms with Crippen molar-refractivity contribution in [1.29, 1.82) is 0 Å². The summed E-state index contributed by atoms with van der Waals surface area (Å²) in [5, 5.41) is 19.8. The smallest absolute Gasteiger partial charge is 0.166 e. The third-order valence-corrected chi connectivity index (χ3v) is 4.09. The molecule has 5 nitrogen and oxygen atoms in total. The van der Waals surface area contributed by atoms with Gasteiger partial charge in [-0.15, -0.1) is 0 Å². The van der Waals surface area contributed by atoms with Crippen LogP contribution in [0.2, 0.25) is 0 Å². The predicted molar refractivity (Wildman–Crippen MR) is 97.8 cm³/mol. The fraction of sp³-hybridized carbons (Fsp3) is 0.889. The molecule has 0 aliphatic carbocycles. The van der Waals surface area contributed by atoms with Crippen LogP contribution in [-0.2, 0) is 0 Å². The van der Waals surface area contributed by atoms with Gasteiger partial charge in [-0.3, -0.25) is 15.7 Å². The molecule has 0 unspecified atom stereocenters. The SMILES string of the molecule is CCCCCCCCCCCCCCCCN=C(/C=N/O)NO. The van der Waals surface area contributed by atoms with E-state index >= 15 is 0 Å². The highest BCUT2D eigenvalue weighted by Crippen LogP contribution is 2.12. The van der Waals surface area contributed by atoms with Gasteiger partial charge in [0, 0.05) is 6.54 Å². The number of rotatable bonds is 16.